The largest absolute Gasteiger partial charge is 0.352 e. The number of hydrogen-bond acceptors (Lipinski definition) is 2. The lowest BCUT2D eigenvalue weighted by molar-refractivity contribution is -0.119. The Hall–Kier alpha value is -0.830. The first-order valence-electron chi connectivity index (χ1n) is 3.27. The molecular weight excluding hydrogens is 128 g/mol. The van der Waals surface area contributed by atoms with Crippen LogP contribution in [0.15, 0.2) is 11.6 Å². The average molecular weight is 142 g/mol. The summed E-state index contributed by atoms with van der Waals surface area (Å²) >= 11 is 0. The number of carbonyl (C=O) groups is 1. The van der Waals surface area contributed by atoms with Gasteiger partial charge in [-0.2, -0.15) is 0 Å². The molecule has 0 atom stereocenters. The third-order valence-electron chi connectivity index (χ3n) is 0.995. The van der Waals surface area contributed by atoms with Gasteiger partial charge in [0.05, 0.1) is 6.54 Å². The Labute approximate surface area is 61.3 Å². The molecule has 0 aromatic rings. The van der Waals surface area contributed by atoms with Crippen molar-refractivity contribution in [1.82, 2.24) is 5.32 Å². The van der Waals surface area contributed by atoms with Crippen molar-refractivity contribution in [3.05, 3.63) is 11.6 Å². The molecule has 0 heterocycles. The maximum Gasteiger partial charge on any atom is 0.233 e. The van der Waals surface area contributed by atoms with Gasteiger partial charge in [-0.15, -0.1) is 0 Å². The highest BCUT2D eigenvalue weighted by atomic mass is 16.1. The molecule has 3 nitrogen and oxygen atoms in total. The molecule has 0 bridgehead atoms. The number of amides is 1. The SMILES string of the molecule is CC(C)=CCNC(=O)CN. The Morgan fingerprint density at radius 3 is 2.60 bits per heavy atom. The molecule has 0 saturated carbocycles. The lowest BCUT2D eigenvalue weighted by Crippen LogP contribution is -2.30. The second-order valence-corrected chi connectivity index (χ2v) is 2.29. The first-order chi connectivity index (χ1) is 4.66. The first kappa shape index (κ1) is 9.17. The minimum absolute atomic E-state index is 0.0661. The zero-order valence-electron chi connectivity index (χ0n) is 6.48. The van der Waals surface area contributed by atoms with Gasteiger partial charge in [-0.1, -0.05) is 11.6 Å². The molecule has 0 unspecified atom stereocenters. The molecule has 0 radical (unpaired) electrons. The van der Waals surface area contributed by atoms with Gasteiger partial charge in [0.15, 0.2) is 0 Å². The predicted octanol–water partition coefficient (Wildman–Crippen LogP) is 0.0275. The minimum Gasteiger partial charge on any atom is -0.352 e. The van der Waals surface area contributed by atoms with Crippen molar-refractivity contribution >= 4 is 5.91 Å². The normalized spacial score (nSPS) is 8.70. The van der Waals surface area contributed by atoms with Crippen LogP contribution in [0.4, 0.5) is 0 Å². The summed E-state index contributed by atoms with van der Waals surface area (Å²) in [5.41, 5.74) is 6.25. The van der Waals surface area contributed by atoms with Crippen LogP contribution in [0.1, 0.15) is 13.8 Å². The molecule has 0 aliphatic rings. The van der Waals surface area contributed by atoms with Gasteiger partial charge in [0, 0.05) is 6.54 Å². The van der Waals surface area contributed by atoms with Crippen molar-refractivity contribution in [2.45, 2.75) is 13.8 Å². The van der Waals surface area contributed by atoms with Crippen molar-refractivity contribution in [3.63, 3.8) is 0 Å². The molecule has 0 spiro atoms. The van der Waals surface area contributed by atoms with Crippen molar-refractivity contribution in [1.29, 1.82) is 0 Å². The van der Waals surface area contributed by atoms with E-state index in [1.54, 1.807) is 0 Å². The Morgan fingerprint density at radius 2 is 2.20 bits per heavy atom. The quantitative estimate of drug-likeness (QED) is 0.546. The third-order valence-corrected chi connectivity index (χ3v) is 0.995. The van der Waals surface area contributed by atoms with E-state index in [0.717, 1.165) is 0 Å². The van der Waals surface area contributed by atoms with Gasteiger partial charge in [0.2, 0.25) is 5.91 Å². The summed E-state index contributed by atoms with van der Waals surface area (Å²) in [6.45, 7) is 4.61. The summed E-state index contributed by atoms with van der Waals surface area (Å²) in [4.78, 5) is 10.5. The standard InChI is InChI=1S/C7H14N2O/c1-6(2)3-4-9-7(10)5-8/h3H,4-5,8H2,1-2H3,(H,9,10). The maximum absolute atomic E-state index is 10.5. The Morgan fingerprint density at radius 1 is 1.60 bits per heavy atom. The maximum atomic E-state index is 10.5. The average Bonchev–Trinajstić information content (AvgIpc) is 1.87. The topological polar surface area (TPSA) is 55.1 Å². The van der Waals surface area contributed by atoms with Crippen LogP contribution in [0.2, 0.25) is 0 Å². The molecule has 10 heavy (non-hydrogen) atoms. The van der Waals surface area contributed by atoms with Crippen molar-refractivity contribution < 1.29 is 4.79 Å². The summed E-state index contributed by atoms with van der Waals surface area (Å²) < 4.78 is 0. The smallest absolute Gasteiger partial charge is 0.233 e. The summed E-state index contributed by atoms with van der Waals surface area (Å²) in [5, 5.41) is 2.62. The number of rotatable bonds is 3. The second kappa shape index (κ2) is 4.99. The molecule has 0 aliphatic heterocycles. The van der Waals surface area contributed by atoms with Crippen LogP contribution in [-0.2, 0) is 4.79 Å². The van der Waals surface area contributed by atoms with Gasteiger partial charge in [-0.05, 0) is 13.8 Å². The molecule has 3 N–H and O–H groups in total. The van der Waals surface area contributed by atoms with E-state index < -0.39 is 0 Å². The van der Waals surface area contributed by atoms with Gasteiger partial charge >= 0.3 is 0 Å². The molecule has 0 saturated heterocycles. The van der Waals surface area contributed by atoms with Crippen LogP contribution < -0.4 is 11.1 Å². The fourth-order valence-electron chi connectivity index (χ4n) is 0.441. The summed E-state index contributed by atoms with van der Waals surface area (Å²) in [5.74, 6) is -0.113. The lowest BCUT2D eigenvalue weighted by Gasteiger charge is -1.97. The Balaban J connectivity index is 3.37. The summed E-state index contributed by atoms with van der Waals surface area (Å²) in [6.07, 6.45) is 1.94. The highest BCUT2D eigenvalue weighted by Gasteiger charge is 1.91. The summed E-state index contributed by atoms with van der Waals surface area (Å²) in [6, 6.07) is 0. The number of allylic oxidation sites excluding steroid dienone is 1. The molecule has 0 aromatic carbocycles. The molecule has 0 aliphatic carbocycles. The van der Waals surface area contributed by atoms with Crippen molar-refractivity contribution in [2.75, 3.05) is 13.1 Å². The highest BCUT2D eigenvalue weighted by molar-refractivity contribution is 5.77. The highest BCUT2D eigenvalue weighted by Crippen LogP contribution is 1.84. The number of carbonyl (C=O) groups excluding carboxylic acids is 1. The van der Waals surface area contributed by atoms with Gasteiger partial charge in [0.25, 0.3) is 0 Å². The third kappa shape index (κ3) is 5.31. The molecule has 0 aromatic heterocycles. The monoisotopic (exact) mass is 142 g/mol. The summed E-state index contributed by atoms with van der Waals surface area (Å²) in [7, 11) is 0. The van der Waals surface area contributed by atoms with E-state index in [-0.39, 0.29) is 12.5 Å². The van der Waals surface area contributed by atoms with Gasteiger partial charge in [-0.3, -0.25) is 4.79 Å². The Bertz CT molecular complexity index is 137. The molecular formula is C7H14N2O. The van der Waals surface area contributed by atoms with Gasteiger partial charge < -0.3 is 11.1 Å². The molecule has 0 fully saturated rings. The van der Waals surface area contributed by atoms with E-state index in [9.17, 15) is 4.79 Å². The van der Waals surface area contributed by atoms with Crippen LogP contribution in [0, 0.1) is 0 Å². The molecule has 0 rings (SSSR count). The zero-order chi connectivity index (χ0) is 7.98. The number of nitrogens with two attached hydrogens (primary N) is 1. The van der Waals surface area contributed by atoms with E-state index in [1.807, 2.05) is 19.9 Å². The predicted molar refractivity (Wildman–Crippen MR) is 41.5 cm³/mol. The van der Waals surface area contributed by atoms with Crippen molar-refractivity contribution in [2.24, 2.45) is 5.73 Å². The van der Waals surface area contributed by atoms with E-state index in [1.165, 1.54) is 5.57 Å². The lowest BCUT2D eigenvalue weighted by atomic mass is 10.3. The Kier molecular flexibility index (Phi) is 4.58. The fraction of sp³-hybridized carbons (Fsp3) is 0.571. The first-order valence-corrected chi connectivity index (χ1v) is 3.27. The van der Waals surface area contributed by atoms with E-state index >= 15 is 0 Å². The van der Waals surface area contributed by atoms with Crippen LogP contribution in [0.3, 0.4) is 0 Å². The second-order valence-electron chi connectivity index (χ2n) is 2.29. The zero-order valence-corrected chi connectivity index (χ0v) is 6.48. The van der Waals surface area contributed by atoms with E-state index in [4.69, 9.17) is 5.73 Å². The van der Waals surface area contributed by atoms with Crippen molar-refractivity contribution in [3.8, 4) is 0 Å². The number of hydrogen-bond donors (Lipinski definition) is 2. The number of nitrogens with one attached hydrogen (secondary N) is 1. The van der Waals surface area contributed by atoms with E-state index in [2.05, 4.69) is 5.32 Å². The van der Waals surface area contributed by atoms with E-state index in [0.29, 0.717) is 6.54 Å². The van der Waals surface area contributed by atoms with Crippen LogP contribution in [-0.4, -0.2) is 19.0 Å². The van der Waals surface area contributed by atoms with Gasteiger partial charge in [-0.25, -0.2) is 0 Å². The van der Waals surface area contributed by atoms with Crippen LogP contribution in [0.25, 0.3) is 0 Å². The van der Waals surface area contributed by atoms with Gasteiger partial charge in [0.1, 0.15) is 0 Å². The fourth-order valence-corrected chi connectivity index (χ4v) is 0.441. The molecule has 1 amide bonds. The molecule has 58 valence electrons. The van der Waals surface area contributed by atoms with Crippen LogP contribution in [0.5, 0.6) is 0 Å². The van der Waals surface area contributed by atoms with Crippen LogP contribution >= 0.6 is 0 Å². The minimum atomic E-state index is -0.113. The molecule has 3 heteroatoms.